The Bertz CT molecular complexity index is 172. The van der Waals surface area contributed by atoms with Crippen molar-refractivity contribution in [2.75, 3.05) is 13.1 Å². The molecule has 1 aromatic rings. The Hall–Kier alpha value is -0.800. The van der Waals surface area contributed by atoms with E-state index in [2.05, 4.69) is 5.32 Å². The average molecular weight is 154 g/mol. The fourth-order valence-corrected chi connectivity index (χ4v) is 0.853. The lowest BCUT2D eigenvalue weighted by Crippen LogP contribution is -2.17. The van der Waals surface area contributed by atoms with Crippen LogP contribution in [0.3, 0.4) is 0 Å². The van der Waals surface area contributed by atoms with Crippen LogP contribution in [-0.4, -0.2) is 13.1 Å². The molecule has 0 aliphatic heterocycles. The minimum absolute atomic E-state index is 0.748. The van der Waals surface area contributed by atoms with Gasteiger partial charge < -0.3 is 15.5 Å². The summed E-state index contributed by atoms with van der Waals surface area (Å²) in [5.74, 6) is 0. The Kier molecular flexibility index (Phi) is 3.72. The van der Waals surface area contributed by atoms with Gasteiger partial charge in [0.15, 0.2) is 0 Å². The molecule has 0 atom stereocenters. The van der Waals surface area contributed by atoms with Crippen LogP contribution in [0.25, 0.3) is 0 Å². The number of nitrogens with two attached hydrogens (primary N) is 1. The zero-order valence-electron chi connectivity index (χ0n) is 6.55. The van der Waals surface area contributed by atoms with Gasteiger partial charge in [-0.2, -0.15) is 0 Å². The van der Waals surface area contributed by atoms with Gasteiger partial charge in [0.2, 0.25) is 0 Å². The number of rotatable bonds is 5. The molecule has 0 aromatic carbocycles. The van der Waals surface area contributed by atoms with Crippen LogP contribution in [0.2, 0.25) is 0 Å². The fourth-order valence-electron chi connectivity index (χ4n) is 0.853. The van der Waals surface area contributed by atoms with Gasteiger partial charge in [0.05, 0.1) is 12.5 Å². The molecule has 11 heavy (non-hydrogen) atoms. The van der Waals surface area contributed by atoms with Gasteiger partial charge in [-0.1, -0.05) is 0 Å². The molecule has 0 unspecified atom stereocenters. The maximum Gasteiger partial charge on any atom is 0.0947 e. The molecule has 1 rings (SSSR count). The summed E-state index contributed by atoms with van der Waals surface area (Å²) in [6, 6.07) is 1.95. The van der Waals surface area contributed by atoms with Gasteiger partial charge in [0.1, 0.15) is 0 Å². The number of hydrogen-bond donors (Lipinski definition) is 2. The Labute approximate surface area is 66.6 Å². The minimum atomic E-state index is 0.748. The van der Waals surface area contributed by atoms with E-state index in [1.54, 1.807) is 12.5 Å². The fraction of sp³-hybridized carbons (Fsp3) is 0.500. The largest absolute Gasteiger partial charge is 0.472 e. The average Bonchev–Trinajstić information content (AvgIpc) is 2.50. The Morgan fingerprint density at radius 3 is 3.09 bits per heavy atom. The summed E-state index contributed by atoms with van der Waals surface area (Å²) in [4.78, 5) is 0. The van der Waals surface area contributed by atoms with Crippen molar-refractivity contribution in [1.29, 1.82) is 0 Å². The van der Waals surface area contributed by atoms with Crippen LogP contribution in [0.15, 0.2) is 23.0 Å². The zero-order chi connectivity index (χ0) is 7.94. The third-order valence-electron chi connectivity index (χ3n) is 1.47. The second kappa shape index (κ2) is 4.93. The number of hydrogen-bond acceptors (Lipinski definition) is 3. The maximum absolute atomic E-state index is 5.33. The van der Waals surface area contributed by atoms with E-state index >= 15 is 0 Å². The first-order valence-corrected chi connectivity index (χ1v) is 3.85. The summed E-state index contributed by atoms with van der Waals surface area (Å²) in [5.41, 5.74) is 6.51. The van der Waals surface area contributed by atoms with Crippen molar-refractivity contribution in [2.45, 2.75) is 13.0 Å². The zero-order valence-corrected chi connectivity index (χ0v) is 6.55. The van der Waals surface area contributed by atoms with Crippen LogP contribution < -0.4 is 11.1 Å². The summed E-state index contributed by atoms with van der Waals surface area (Å²) in [6.07, 6.45) is 4.45. The summed E-state index contributed by atoms with van der Waals surface area (Å²) in [7, 11) is 0. The van der Waals surface area contributed by atoms with Crippen molar-refractivity contribution < 1.29 is 4.42 Å². The van der Waals surface area contributed by atoms with E-state index in [0.29, 0.717) is 0 Å². The second-order valence-corrected chi connectivity index (χ2v) is 2.45. The SMILES string of the molecule is NCCCNCc1ccoc1. The van der Waals surface area contributed by atoms with Gasteiger partial charge in [0, 0.05) is 12.1 Å². The van der Waals surface area contributed by atoms with Crippen molar-refractivity contribution in [3.8, 4) is 0 Å². The highest BCUT2D eigenvalue weighted by Crippen LogP contribution is 1.97. The lowest BCUT2D eigenvalue weighted by Gasteiger charge is -1.99. The number of nitrogens with one attached hydrogen (secondary N) is 1. The summed E-state index contributed by atoms with van der Waals surface area (Å²) in [5, 5.41) is 3.25. The van der Waals surface area contributed by atoms with E-state index in [4.69, 9.17) is 10.2 Å². The first kappa shape index (κ1) is 8.30. The van der Waals surface area contributed by atoms with E-state index in [-0.39, 0.29) is 0 Å². The first-order chi connectivity index (χ1) is 5.43. The Morgan fingerprint density at radius 1 is 1.55 bits per heavy atom. The molecule has 0 fully saturated rings. The van der Waals surface area contributed by atoms with Gasteiger partial charge >= 0.3 is 0 Å². The van der Waals surface area contributed by atoms with Crippen LogP contribution in [0, 0.1) is 0 Å². The standard InChI is InChI=1S/C8H14N2O/c9-3-1-4-10-6-8-2-5-11-7-8/h2,5,7,10H,1,3-4,6,9H2. The van der Waals surface area contributed by atoms with Crippen molar-refractivity contribution in [2.24, 2.45) is 5.73 Å². The second-order valence-electron chi connectivity index (χ2n) is 2.45. The predicted molar refractivity (Wildman–Crippen MR) is 44.1 cm³/mol. The lowest BCUT2D eigenvalue weighted by molar-refractivity contribution is 0.559. The summed E-state index contributed by atoms with van der Waals surface area (Å²) < 4.78 is 4.91. The van der Waals surface area contributed by atoms with E-state index in [9.17, 15) is 0 Å². The first-order valence-electron chi connectivity index (χ1n) is 3.85. The van der Waals surface area contributed by atoms with Gasteiger partial charge in [-0.25, -0.2) is 0 Å². The van der Waals surface area contributed by atoms with Gasteiger partial charge in [-0.15, -0.1) is 0 Å². The third kappa shape index (κ3) is 3.20. The van der Waals surface area contributed by atoms with Crippen LogP contribution in [0.4, 0.5) is 0 Å². The van der Waals surface area contributed by atoms with E-state index in [0.717, 1.165) is 26.1 Å². The molecule has 0 saturated carbocycles. The van der Waals surface area contributed by atoms with Crippen molar-refractivity contribution in [1.82, 2.24) is 5.32 Å². The molecule has 0 radical (unpaired) electrons. The van der Waals surface area contributed by atoms with Crippen LogP contribution in [-0.2, 0) is 6.54 Å². The molecule has 0 saturated heterocycles. The summed E-state index contributed by atoms with van der Waals surface area (Å²) >= 11 is 0. The molecule has 0 aliphatic rings. The summed E-state index contributed by atoms with van der Waals surface area (Å²) in [6.45, 7) is 2.59. The number of furan rings is 1. The van der Waals surface area contributed by atoms with Gasteiger partial charge in [-0.05, 0) is 25.6 Å². The topological polar surface area (TPSA) is 51.2 Å². The van der Waals surface area contributed by atoms with E-state index < -0.39 is 0 Å². The highest BCUT2D eigenvalue weighted by Gasteiger charge is 1.91. The van der Waals surface area contributed by atoms with Crippen molar-refractivity contribution >= 4 is 0 Å². The highest BCUT2D eigenvalue weighted by molar-refractivity contribution is 5.04. The minimum Gasteiger partial charge on any atom is -0.472 e. The monoisotopic (exact) mass is 154 g/mol. The molecule has 0 spiro atoms. The van der Waals surface area contributed by atoms with Crippen LogP contribution in [0.1, 0.15) is 12.0 Å². The van der Waals surface area contributed by atoms with Gasteiger partial charge in [-0.3, -0.25) is 0 Å². The highest BCUT2D eigenvalue weighted by atomic mass is 16.3. The quantitative estimate of drug-likeness (QED) is 0.614. The molecule has 3 heteroatoms. The smallest absolute Gasteiger partial charge is 0.0947 e. The molecule has 1 aromatic heterocycles. The third-order valence-corrected chi connectivity index (χ3v) is 1.47. The maximum atomic E-state index is 5.33. The Balaban J connectivity index is 2.04. The molecule has 62 valence electrons. The van der Waals surface area contributed by atoms with E-state index in [1.165, 1.54) is 5.56 Å². The molecule has 0 aliphatic carbocycles. The molecular formula is C8H14N2O. The van der Waals surface area contributed by atoms with E-state index in [1.807, 2.05) is 6.07 Å². The molecule has 0 bridgehead atoms. The van der Waals surface area contributed by atoms with Crippen molar-refractivity contribution in [3.05, 3.63) is 24.2 Å². The molecule has 3 nitrogen and oxygen atoms in total. The molecule has 3 N–H and O–H groups in total. The normalized spacial score (nSPS) is 10.3. The van der Waals surface area contributed by atoms with Gasteiger partial charge in [0.25, 0.3) is 0 Å². The molecular weight excluding hydrogens is 140 g/mol. The lowest BCUT2D eigenvalue weighted by atomic mass is 10.3. The van der Waals surface area contributed by atoms with Crippen molar-refractivity contribution in [3.63, 3.8) is 0 Å². The van der Waals surface area contributed by atoms with Crippen LogP contribution in [0.5, 0.6) is 0 Å². The predicted octanol–water partition coefficient (Wildman–Crippen LogP) is 0.718. The Morgan fingerprint density at radius 2 is 2.45 bits per heavy atom. The van der Waals surface area contributed by atoms with Crippen LogP contribution >= 0.6 is 0 Å². The molecule has 0 amide bonds. The molecule has 1 heterocycles.